The van der Waals surface area contributed by atoms with Crippen LogP contribution in [0, 0.1) is 0 Å². The third-order valence-corrected chi connectivity index (χ3v) is 3.82. The Balaban J connectivity index is 2.01. The Morgan fingerprint density at radius 3 is 2.77 bits per heavy atom. The van der Waals surface area contributed by atoms with Crippen molar-refractivity contribution >= 4 is 21.9 Å². The van der Waals surface area contributed by atoms with Crippen LogP contribution < -0.4 is 10.4 Å². The Kier molecular flexibility index (Phi) is 2.76. The Morgan fingerprint density at radius 2 is 1.91 bits per heavy atom. The number of rotatable bonds is 2. The van der Waals surface area contributed by atoms with Gasteiger partial charge in [-0.1, -0.05) is 18.2 Å². The van der Waals surface area contributed by atoms with Gasteiger partial charge in [-0.3, -0.25) is 0 Å². The van der Waals surface area contributed by atoms with Gasteiger partial charge in [0, 0.05) is 28.0 Å². The van der Waals surface area contributed by atoms with E-state index in [1.807, 2.05) is 42.6 Å². The second-order valence-corrected chi connectivity index (χ2v) is 5.10. The molecule has 108 valence electrons. The van der Waals surface area contributed by atoms with Crippen LogP contribution in [0.4, 0.5) is 0 Å². The van der Waals surface area contributed by atoms with Gasteiger partial charge in [-0.2, -0.15) is 0 Å². The van der Waals surface area contributed by atoms with Gasteiger partial charge in [0.2, 0.25) is 0 Å². The van der Waals surface area contributed by atoms with Gasteiger partial charge in [0.05, 0.1) is 12.7 Å². The molecule has 2 aromatic carbocycles. The first-order valence-corrected chi connectivity index (χ1v) is 6.94. The number of aromatic nitrogens is 1. The molecule has 2 aromatic heterocycles. The van der Waals surface area contributed by atoms with Gasteiger partial charge < -0.3 is 14.1 Å². The zero-order valence-electron chi connectivity index (χ0n) is 11.9. The summed E-state index contributed by atoms with van der Waals surface area (Å²) < 4.78 is 10.7. The Hall–Kier alpha value is -3.01. The topological polar surface area (TPSA) is 55.2 Å². The number of aromatic amines is 1. The third-order valence-electron chi connectivity index (χ3n) is 3.82. The molecular weight excluding hydrogens is 278 g/mol. The van der Waals surface area contributed by atoms with Crippen molar-refractivity contribution in [1.82, 2.24) is 4.98 Å². The van der Waals surface area contributed by atoms with Crippen molar-refractivity contribution in [2.75, 3.05) is 7.11 Å². The average molecular weight is 291 g/mol. The number of benzene rings is 2. The normalized spacial score (nSPS) is 11.1. The lowest BCUT2D eigenvalue weighted by Crippen LogP contribution is -2.02. The fourth-order valence-corrected chi connectivity index (χ4v) is 2.71. The Morgan fingerprint density at radius 1 is 1.05 bits per heavy atom. The molecule has 0 atom stereocenters. The predicted molar refractivity (Wildman–Crippen MR) is 86.3 cm³/mol. The van der Waals surface area contributed by atoms with Gasteiger partial charge in [-0.15, -0.1) is 0 Å². The number of para-hydroxylation sites is 1. The first kappa shape index (κ1) is 12.7. The van der Waals surface area contributed by atoms with Gasteiger partial charge in [0.25, 0.3) is 0 Å². The van der Waals surface area contributed by atoms with Gasteiger partial charge in [-0.25, -0.2) is 4.79 Å². The largest absolute Gasteiger partial charge is 0.497 e. The molecule has 4 aromatic rings. The number of hydrogen-bond donors (Lipinski definition) is 1. The smallest absolute Gasteiger partial charge is 0.344 e. The second kappa shape index (κ2) is 4.77. The summed E-state index contributed by atoms with van der Waals surface area (Å²) in [4.78, 5) is 15.5. The first-order valence-electron chi connectivity index (χ1n) is 6.94. The monoisotopic (exact) mass is 291 g/mol. The summed E-state index contributed by atoms with van der Waals surface area (Å²) in [6, 6.07) is 15.1. The highest BCUT2D eigenvalue weighted by molar-refractivity contribution is 5.96. The molecule has 0 fully saturated rings. The van der Waals surface area contributed by atoms with Crippen molar-refractivity contribution in [1.29, 1.82) is 0 Å². The fourth-order valence-electron chi connectivity index (χ4n) is 2.71. The van der Waals surface area contributed by atoms with Crippen molar-refractivity contribution in [2.45, 2.75) is 0 Å². The van der Waals surface area contributed by atoms with Gasteiger partial charge >= 0.3 is 5.63 Å². The first-order chi connectivity index (χ1) is 10.8. The van der Waals surface area contributed by atoms with Crippen molar-refractivity contribution in [3.8, 4) is 16.9 Å². The van der Waals surface area contributed by atoms with E-state index in [0.717, 1.165) is 27.6 Å². The van der Waals surface area contributed by atoms with E-state index in [9.17, 15) is 4.79 Å². The van der Waals surface area contributed by atoms with Crippen LogP contribution in [0.15, 0.2) is 63.9 Å². The summed E-state index contributed by atoms with van der Waals surface area (Å²) in [7, 11) is 1.61. The van der Waals surface area contributed by atoms with Crippen LogP contribution in [0.2, 0.25) is 0 Å². The molecule has 0 saturated carbocycles. The molecule has 0 spiro atoms. The van der Waals surface area contributed by atoms with Crippen LogP contribution in [0.25, 0.3) is 33.0 Å². The third kappa shape index (κ3) is 1.89. The quantitative estimate of drug-likeness (QED) is 0.569. The van der Waals surface area contributed by atoms with Crippen LogP contribution >= 0.6 is 0 Å². The standard InChI is InChI=1S/C18H13NO3/c1-21-12-6-7-17-11(8-12)9-14(18(20)22-17)15-10-19-16-5-3-2-4-13(15)16/h2-10,19H,1H3. The van der Waals surface area contributed by atoms with Crippen LogP contribution in [-0.4, -0.2) is 12.1 Å². The Bertz CT molecular complexity index is 1040. The molecule has 4 rings (SSSR count). The van der Waals surface area contributed by atoms with E-state index in [2.05, 4.69) is 4.98 Å². The molecular formula is C18H13NO3. The summed E-state index contributed by atoms with van der Waals surface area (Å²) in [6.45, 7) is 0. The maximum atomic E-state index is 12.3. The lowest BCUT2D eigenvalue weighted by atomic mass is 10.1. The number of nitrogens with one attached hydrogen (secondary N) is 1. The second-order valence-electron chi connectivity index (χ2n) is 5.10. The van der Waals surface area contributed by atoms with Crippen molar-refractivity contribution in [3.05, 3.63) is 65.1 Å². The lowest BCUT2D eigenvalue weighted by Gasteiger charge is -2.04. The van der Waals surface area contributed by atoms with E-state index >= 15 is 0 Å². The highest BCUT2D eigenvalue weighted by atomic mass is 16.5. The van der Waals surface area contributed by atoms with E-state index in [-0.39, 0.29) is 5.63 Å². The van der Waals surface area contributed by atoms with Gasteiger partial charge in [0.1, 0.15) is 11.3 Å². The molecule has 0 aliphatic carbocycles. The zero-order valence-corrected chi connectivity index (χ0v) is 11.9. The SMILES string of the molecule is COc1ccc2oc(=O)c(-c3c[nH]c4ccccc34)cc2c1. The molecule has 2 heterocycles. The lowest BCUT2D eigenvalue weighted by molar-refractivity contribution is 0.415. The zero-order chi connectivity index (χ0) is 15.1. The van der Waals surface area contributed by atoms with E-state index in [1.54, 1.807) is 19.2 Å². The van der Waals surface area contributed by atoms with Crippen LogP contribution in [0.1, 0.15) is 0 Å². The van der Waals surface area contributed by atoms with Crippen molar-refractivity contribution in [2.24, 2.45) is 0 Å². The summed E-state index contributed by atoms with van der Waals surface area (Å²) >= 11 is 0. The molecule has 0 aliphatic heterocycles. The van der Waals surface area contributed by atoms with Crippen LogP contribution in [0.5, 0.6) is 5.75 Å². The molecule has 4 heteroatoms. The van der Waals surface area contributed by atoms with E-state index in [1.165, 1.54) is 0 Å². The minimum atomic E-state index is -0.345. The van der Waals surface area contributed by atoms with E-state index in [0.29, 0.717) is 11.1 Å². The van der Waals surface area contributed by atoms with Crippen molar-refractivity contribution in [3.63, 3.8) is 0 Å². The summed E-state index contributed by atoms with van der Waals surface area (Å²) in [5.41, 5.74) is 2.58. The maximum absolute atomic E-state index is 12.3. The van der Waals surface area contributed by atoms with E-state index < -0.39 is 0 Å². The molecule has 0 bridgehead atoms. The average Bonchev–Trinajstić information content (AvgIpc) is 2.97. The van der Waals surface area contributed by atoms with Gasteiger partial charge in [-0.05, 0) is 30.3 Å². The minimum Gasteiger partial charge on any atom is -0.497 e. The molecule has 1 N–H and O–H groups in total. The summed E-state index contributed by atoms with van der Waals surface area (Å²) in [6.07, 6.45) is 1.84. The summed E-state index contributed by atoms with van der Waals surface area (Å²) in [5, 5.41) is 1.83. The number of methoxy groups -OCH3 is 1. The van der Waals surface area contributed by atoms with Crippen molar-refractivity contribution < 1.29 is 9.15 Å². The molecule has 0 saturated heterocycles. The summed E-state index contributed by atoms with van der Waals surface area (Å²) in [5.74, 6) is 0.728. The highest BCUT2D eigenvalue weighted by Gasteiger charge is 2.12. The van der Waals surface area contributed by atoms with E-state index in [4.69, 9.17) is 9.15 Å². The molecule has 0 amide bonds. The van der Waals surface area contributed by atoms with Gasteiger partial charge in [0.15, 0.2) is 0 Å². The molecule has 22 heavy (non-hydrogen) atoms. The van der Waals surface area contributed by atoms with Crippen LogP contribution in [0.3, 0.4) is 0 Å². The highest BCUT2D eigenvalue weighted by Crippen LogP contribution is 2.29. The molecule has 4 nitrogen and oxygen atoms in total. The maximum Gasteiger partial charge on any atom is 0.344 e. The Labute approximate surface area is 126 Å². The fraction of sp³-hybridized carbons (Fsp3) is 0.0556. The number of H-pyrrole nitrogens is 1. The minimum absolute atomic E-state index is 0.345. The molecule has 0 aliphatic rings. The van der Waals surface area contributed by atoms with Crippen LogP contribution in [-0.2, 0) is 0 Å². The molecule has 0 unspecified atom stereocenters. The molecule has 0 radical (unpaired) electrons. The predicted octanol–water partition coefficient (Wildman–Crippen LogP) is 3.95. The number of ether oxygens (including phenoxy) is 1. The number of hydrogen-bond acceptors (Lipinski definition) is 3. The number of fused-ring (bicyclic) bond motifs is 2.